The maximum Gasteiger partial charge on any atom is 0.262 e. The predicted molar refractivity (Wildman–Crippen MR) is 109 cm³/mol. The maximum atomic E-state index is 12.6. The third-order valence-electron chi connectivity index (χ3n) is 4.68. The molecule has 0 radical (unpaired) electrons. The Morgan fingerprint density at radius 3 is 2.36 bits per heavy atom. The predicted octanol–water partition coefficient (Wildman–Crippen LogP) is 4.58. The first-order valence-corrected chi connectivity index (χ1v) is 10.3. The van der Waals surface area contributed by atoms with Crippen molar-refractivity contribution in [3.8, 4) is 11.5 Å². The molecular formula is C21H20N2O4S. The molecule has 0 unspecified atom stereocenters. The Kier molecular flexibility index (Phi) is 4.60. The summed E-state index contributed by atoms with van der Waals surface area (Å²) >= 11 is 0. The van der Waals surface area contributed by atoms with Gasteiger partial charge in [0.25, 0.3) is 10.0 Å². The van der Waals surface area contributed by atoms with Crippen LogP contribution in [0.15, 0.2) is 65.6 Å². The molecule has 0 aliphatic carbocycles. The van der Waals surface area contributed by atoms with Gasteiger partial charge in [0.05, 0.1) is 4.90 Å². The number of ether oxygens (including phenoxy) is 2. The van der Waals surface area contributed by atoms with Gasteiger partial charge in [0.15, 0.2) is 11.5 Å². The summed E-state index contributed by atoms with van der Waals surface area (Å²) in [5.41, 5.74) is 4.76. The number of hydrogen-bond acceptors (Lipinski definition) is 5. The van der Waals surface area contributed by atoms with Crippen LogP contribution in [0, 0.1) is 13.8 Å². The van der Waals surface area contributed by atoms with Gasteiger partial charge in [-0.05, 0) is 67.4 Å². The molecule has 3 aromatic rings. The van der Waals surface area contributed by atoms with Gasteiger partial charge in [-0.1, -0.05) is 12.1 Å². The molecule has 0 spiro atoms. The number of benzene rings is 3. The molecule has 144 valence electrons. The number of anilines is 3. The first kappa shape index (κ1) is 18.2. The number of rotatable bonds is 5. The minimum absolute atomic E-state index is 0.0984. The van der Waals surface area contributed by atoms with Crippen molar-refractivity contribution in [3.05, 3.63) is 71.8 Å². The molecule has 1 aliphatic rings. The summed E-state index contributed by atoms with van der Waals surface area (Å²) in [4.78, 5) is 0.120. The largest absolute Gasteiger partial charge is 0.454 e. The summed E-state index contributed by atoms with van der Waals surface area (Å²) in [6.45, 7) is 4.22. The molecule has 6 nitrogen and oxygen atoms in total. The van der Waals surface area contributed by atoms with Gasteiger partial charge in [0, 0.05) is 23.1 Å². The summed E-state index contributed by atoms with van der Waals surface area (Å²) in [6, 6.07) is 17.7. The third kappa shape index (κ3) is 3.61. The van der Waals surface area contributed by atoms with Crippen molar-refractivity contribution in [1.29, 1.82) is 0 Å². The summed E-state index contributed by atoms with van der Waals surface area (Å²) in [7, 11) is -3.72. The molecule has 0 bridgehead atoms. The van der Waals surface area contributed by atoms with Crippen LogP contribution in [-0.4, -0.2) is 15.2 Å². The number of sulfonamides is 1. The number of hydrogen-bond donors (Lipinski definition) is 2. The minimum atomic E-state index is -3.72. The Hall–Kier alpha value is -3.19. The van der Waals surface area contributed by atoms with Crippen LogP contribution < -0.4 is 19.5 Å². The monoisotopic (exact) mass is 396 g/mol. The van der Waals surface area contributed by atoms with Gasteiger partial charge in [-0.3, -0.25) is 4.72 Å². The summed E-state index contributed by atoms with van der Waals surface area (Å²) in [5, 5.41) is 3.36. The van der Waals surface area contributed by atoms with Crippen LogP contribution >= 0.6 is 0 Å². The summed E-state index contributed by atoms with van der Waals surface area (Å²) < 4.78 is 38.3. The third-order valence-corrected chi connectivity index (χ3v) is 6.05. The average molecular weight is 396 g/mol. The molecule has 4 rings (SSSR count). The van der Waals surface area contributed by atoms with Gasteiger partial charge >= 0.3 is 0 Å². The second-order valence-electron chi connectivity index (χ2n) is 6.57. The molecule has 0 amide bonds. The quantitative estimate of drug-likeness (QED) is 0.660. The highest BCUT2D eigenvalue weighted by atomic mass is 32.2. The zero-order valence-corrected chi connectivity index (χ0v) is 16.3. The van der Waals surface area contributed by atoms with Gasteiger partial charge in [0.1, 0.15) is 0 Å². The van der Waals surface area contributed by atoms with Crippen LogP contribution in [-0.2, 0) is 10.0 Å². The van der Waals surface area contributed by atoms with E-state index in [-0.39, 0.29) is 11.7 Å². The van der Waals surface area contributed by atoms with E-state index >= 15 is 0 Å². The standard InChI is InChI=1S/C21H20N2O4S/c1-14-4-3-5-19(15(14)2)22-16-6-8-17(9-7-16)23-28(24,25)18-10-11-20-21(12-18)27-13-26-20/h3-12,22-23H,13H2,1-2H3. The van der Waals surface area contributed by atoms with E-state index in [1.165, 1.54) is 23.3 Å². The molecule has 0 atom stereocenters. The van der Waals surface area contributed by atoms with Crippen LogP contribution in [0.5, 0.6) is 11.5 Å². The second kappa shape index (κ2) is 7.09. The van der Waals surface area contributed by atoms with Gasteiger partial charge in [-0.2, -0.15) is 0 Å². The molecule has 3 aromatic carbocycles. The van der Waals surface area contributed by atoms with E-state index in [9.17, 15) is 8.42 Å². The molecule has 2 N–H and O–H groups in total. The fourth-order valence-electron chi connectivity index (χ4n) is 2.92. The highest BCUT2D eigenvalue weighted by Crippen LogP contribution is 2.34. The van der Waals surface area contributed by atoms with E-state index in [4.69, 9.17) is 9.47 Å². The normalized spacial score (nSPS) is 12.6. The zero-order valence-electron chi connectivity index (χ0n) is 15.5. The van der Waals surface area contributed by atoms with E-state index in [2.05, 4.69) is 30.0 Å². The van der Waals surface area contributed by atoms with Crippen LogP contribution in [0.2, 0.25) is 0 Å². The zero-order chi connectivity index (χ0) is 19.7. The van der Waals surface area contributed by atoms with Crippen molar-refractivity contribution in [1.82, 2.24) is 0 Å². The Balaban J connectivity index is 1.50. The SMILES string of the molecule is Cc1cccc(Nc2ccc(NS(=O)(=O)c3ccc4c(c3)OCO4)cc2)c1C. The van der Waals surface area contributed by atoms with E-state index in [1.807, 2.05) is 24.3 Å². The van der Waals surface area contributed by atoms with Crippen molar-refractivity contribution in [2.45, 2.75) is 18.7 Å². The lowest BCUT2D eigenvalue weighted by molar-refractivity contribution is 0.174. The fourth-order valence-corrected chi connectivity index (χ4v) is 4.00. The molecule has 7 heteroatoms. The smallest absolute Gasteiger partial charge is 0.262 e. The second-order valence-corrected chi connectivity index (χ2v) is 8.25. The molecule has 28 heavy (non-hydrogen) atoms. The van der Waals surface area contributed by atoms with E-state index < -0.39 is 10.0 Å². The highest BCUT2D eigenvalue weighted by Gasteiger charge is 2.20. The molecule has 0 fully saturated rings. The molecule has 1 aliphatic heterocycles. The van der Waals surface area contributed by atoms with Crippen molar-refractivity contribution < 1.29 is 17.9 Å². The Labute approximate surface area is 164 Å². The van der Waals surface area contributed by atoms with Crippen LogP contribution in [0.4, 0.5) is 17.1 Å². The number of fused-ring (bicyclic) bond motifs is 1. The average Bonchev–Trinajstić information content (AvgIpc) is 3.15. The fraction of sp³-hybridized carbons (Fsp3) is 0.143. The van der Waals surface area contributed by atoms with Crippen molar-refractivity contribution in [3.63, 3.8) is 0 Å². The highest BCUT2D eigenvalue weighted by molar-refractivity contribution is 7.92. The first-order valence-electron chi connectivity index (χ1n) is 8.78. The summed E-state index contributed by atoms with van der Waals surface area (Å²) in [6.07, 6.45) is 0. The van der Waals surface area contributed by atoms with Crippen molar-refractivity contribution in [2.75, 3.05) is 16.8 Å². The molecule has 1 heterocycles. The van der Waals surface area contributed by atoms with E-state index in [0.29, 0.717) is 17.2 Å². The lowest BCUT2D eigenvalue weighted by atomic mass is 10.1. The van der Waals surface area contributed by atoms with Crippen LogP contribution in [0.1, 0.15) is 11.1 Å². The van der Waals surface area contributed by atoms with Gasteiger partial charge in [0.2, 0.25) is 6.79 Å². The minimum Gasteiger partial charge on any atom is -0.454 e. The van der Waals surface area contributed by atoms with E-state index in [0.717, 1.165) is 11.4 Å². The lowest BCUT2D eigenvalue weighted by Gasteiger charge is -2.13. The van der Waals surface area contributed by atoms with Crippen molar-refractivity contribution >= 4 is 27.1 Å². The van der Waals surface area contributed by atoms with Crippen LogP contribution in [0.25, 0.3) is 0 Å². The molecule has 0 saturated carbocycles. The van der Waals surface area contributed by atoms with Gasteiger partial charge < -0.3 is 14.8 Å². The lowest BCUT2D eigenvalue weighted by Crippen LogP contribution is -2.12. The first-order chi connectivity index (χ1) is 13.4. The van der Waals surface area contributed by atoms with Gasteiger partial charge in [-0.15, -0.1) is 0 Å². The van der Waals surface area contributed by atoms with Crippen LogP contribution in [0.3, 0.4) is 0 Å². The number of aryl methyl sites for hydroxylation is 1. The molecule has 0 aromatic heterocycles. The van der Waals surface area contributed by atoms with Crippen molar-refractivity contribution in [2.24, 2.45) is 0 Å². The Bertz CT molecular complexity index is 1130. The Morgan fingerprint density at radius 2 is 1.57 bits per heavy atom. The molecular weight excluding hydrogens is 376 g/mol. The Morgan fingerprint density at radius 1 is 0.857 bits per heavy atom. The number of nitrogens with one attached hydrogen (secondary N) is 2. The maximum absolute atomic E-state index is 12.6. The molecule has 0 saturated heterocycles. The topological polar surface area (TPSA) is 76.7 Å². The summed E-state index contributed by atoms with van der Waals surface area (Å²) in [5.74, 6) is 0.969. The van der Waals surface area contributed by atoms with Gasteiger partial charge in [-0.25, -0.2) is 8.42 Å². The van der Waals surface area contributed by atoms with E-state index in [1.54, 1.807) is 18.2 Å².